The first-order valence-electron chi connectivity index (χ1n) is 6.46. The molecular weight excluding hydrogens is 270 g/mol. The summed E-state index contributed by atoms with van der Waals surface area (Å²) in [6.45, 7) is 0. The Labute approximate surface area is 119 Å². The molecule has 98 valence electrons. The second-order valence-electron chi connectivity index (χ2n) is 4.95. The molecule has 0 fully saturated rings. The van der Waals surface area contributed by atoms with Gasteiger partial charge in [0.1, 0.15) is 5.65 Å². The van der Waals surface area contributed by atoms with E-state index < -0.39 is 0 Å². The summed E-state index contributed by atoms with van der Waals surface area (Å²) in [4.78, 5) is 22.3. The Morgan fingerprint density at radius 1 is 1.10 bits per heavy atom. The van der Waals surface area contributed by atoms with Crippen LogP contribution in [-0.4, -0.2) is 15.0 Å². The molecule has 2 aromatic heterocycles. The third-order valence-corrected chi connectivity index (χ3v) is 4.00. The van der Waals surface area contributed by atoms with Crippen LogP contribution >= 0.6 is 12.2 Å². The van der Waals surface area contributed by atoms with Crippen molar-refractivity contribution < 1.29 is 0 Å². The first-order valence-corrected chi connectivity index (χ1v) is 6.87. The van der Waals surface area contributed by atoms with Crippen LogP contribution in [0.15, 0.2) is 35.3 Å². The number of benzene rings is 1. The van der Waals surface area contributed by atoms with Gasteiger partial charge in [-0.1, -0.05) is 24.3 Å². The van der Waals surface area contributed by atoms with E-state index in [1.807, 2.05) is 18.3 Å². The Bertz CT molecular complexity index is 955. The van der Waals surface area contributed by atoms with Crippen LogP contribution in [0, 0.1) is 4.77 Å². The third kappa shape index (κ3) is 1.56. The van der Waals surface area contributed by atoms with Gasteiger partial charge in [0.2, 0.25) is 0 Å². The minimum Gasteiger partial charge on any atom is -0.316 e. The van der Waals surface area contributed by atoms with Gasteiger partial charge in [-0.05, 0) is 41.7 Å². The summed E-state index contributed by atoms with van der Waals surface area (Å²) in [5.41, 5.74) is 4.88. The van der Waals surface area contributed by atoms with E-state index in [0.717, 1.165) is 29.5 Å². The van der Waals surface area contributed by atoms with Crippen molar-refractivity contribution in [2.24, 2.45) is 0 Å². The molecule has 4 nitrogen and oxygen atoms in total. The fourth-order valence-electron chi connectivity index (χ4n) is 2.92. The topological polar surface area (TPSA) is 61.5 Å². The maximum atomic E-state index is 12.3. The number of H-pyrrole nitrogens is 2. The van der Waals surface area contributed by atoms with Gasteiger partial charge in [-0.3, -0.25) is 9.78 Å². The molecule has 0 amide bonds. The third-order valence-electron chi connectivity index (χ3n) is 3.79. The van der Waals surface area contributed by atoms with E-state index in [1.165, 1.54) is 5.56 Å². The van der Waals surface area contributed by atoms with Crippen LogP contribution in [0.3, 0.4) is 0 Å². The van der Waals surface area contributed by atoms with Crippen LogP contribution < -0.4 is 5.56 Å². The number of nitrogens with zero attached hydrogens (tertiary/aromatic N) is 1. The fraction of sp³-hybridized carbons (Fsp3) is 0.133. The first kappa shape index (κ1) is 11.5. The van der Waals surface area contributed by atoms with E-state index in [0.29, 0.717) is 15.8 Å². The smallest absolute Gasteiger partial charge is 0.261 e. The Hall–Kier alpha value is -2.27. The Kier molecular flexibility index (Phi) is 2.37. The Morgan fingerprint density at radius 2 is 1.90 bits per heavy atom. The Morgan fingerprint density at radius 3 is 2.80 bits per heavy atom. The summed E-state index contributed by atoms with van der Waals surface area (Å²) >= 11 is 5.01. The van der Waals surface area contributed by atoms with Gasteiger partial charge in [0.05, 0.1) is 5.39 Å². The summed E-state index contributed by atoms with van der Waals surface area (Å²) < 4.78 is 0.305. The SMILES string of the molecule is O=c1[nH]c(=S)[nH]c2ncc3c(c12)-c1ccccc1CC3. The minimum absolute atomic E-state index is 0.176. The summed E-state index contributed by atoms with van der Waals surface area (Å²) in [7, 11) is 0. The molecular formula is C15H11N3OS. The largest absolute Gasteiger partial charge is 0.316 e. The van der Waals surface area contributed by atoms with Gasteiger partial charge in [-0.15, -0.1) is 0 Å². The van der Waals surface area contributed by atoms with Crippen molar-refractivity contribution in [1.29, 1.82) is 0 Å². The molecule has 2 heterocycles. The molecule has 0 spiro atoms. The quantitative estimate of drug-likeness (QED) is 0.623. The van der Waals surface area contributed by atoms with Crippen LogP contribution in [0.4, 0.5) is 0 Å². The van der Waals surface area contributed by atoms with E-state index in [4.69, 9.17) is 12.2 Å². The predicted molar refractivity (Wildman–Crippen MR) is 80.4 cm³/mol. The molecule has 0 unspecified atom stereocenters. The monoisotopic (exact) mass is 281 g/mol. The van der Waals surface area contributed by atoms with Crippen LogP contribution in [0.5, 0.6) is 0 Å². The molecule has 3 aromatic rings. The van der Waals surface area contributed by atoms with Crippen molar-refractivity contribution in [2.75, 3.05) is 0 Å². The molecule has 1 aliphatic carbocycles. The van der Waals surface area contributed by atoms with Crippen molar-refractivity contribution >= 4 is 23.3 Å². The van der Waals surface area contributed by atoms with Crippen molar-refractivity contribution in [3.63, 3.8) is 0 Å². The number of nitrogens with one attached hydrogen (secondary N) is 2. The standard InChI is InChI=1S/C15H11N3OS/c19-14-12-11-9(7-16-13(12)17-15(20)18-14)6-5-8-3-1-2-4-10(8)11/h1-4,7H,5-6H2,(H2,16,17,18,19,20). The number of rotatable bonds is 0. The average molecular weight is 281 g/mol. The number of aryl methyl sites for hydroxylation is 2. The van der Waals surface area contributed by atoms with Gasteiger partial charge < -0.3 is 4.98 Å². The number of aromatic nitrogens is 3. The minimum atomic E-state index is -0.176. The van der Waals surface area contributed by atoms with E-state index in [2.05, 4.69) is 27.1 Å². The molecule has 0 saturated heterocycles. The molecule has 0 bridgehead atoms. The zero-order valence-electron chi connectivity index (χ0n) is 10.6. The molecule has 5 heteroatoms. The van der Waals surface area contributed by atoms with Gasteiger partial charge >= 0.3 is 0 Å². The lowest BCUT2D eigenvalue weighted by Gasteiger charge is -2.20. The molecule has 2 N–H and O–H groups in total. The molecule has 1 aliphatic rings. The second kappa shape index (κ2) is 4.11. The lowest BCUT2D eigenvalue weighted by atomic mass is 9.85. The van der Waals surface area contributed by atoms with Gasteiger partial charge in [-0.2, -0.15) is 0 Å². The fourth-order valence-corrected chi connectivity index (χ4v) is 3.11. The van der Waals surface area contributed by atoms with Gasteiger partial charge in [0.15, 0.2) is 4.77 Å². The number of fused-ring (bicyclic) bond motifs is 5. The zero-order chi connectivity index (χ0) is 13.7. The van der Waals surface area contributed by atoms with E-state index in [-0.39, 0.29) is 5.56 Å². The Balaban J connectivity index is 2.23. The summed E-state index contributed by atoms with van der Waals surface area (Å²) in [5.74, 6) is 0. The second-order valence-corrected chi connectivity index (χ2v) is 5.36. The highest BCUT2D eigenvalue weighted by molar-refractivity contribution is 7.71. The van der Waals surface area contributed by atoms with Gasteiger partial charge in [-0.25, -0.2) is 4.98 Å². The lowest BCUT2D eigenvalue weighted by Crippen LogP contribution is -2.14. The highest BCUT2D eigenvalue weighted by atomic mass is 32.1. The van der Waals surface area contributed by atoms with Crippen molar-refractivity contribution in [2.45, 2.75) is 12.8 Å². The number of aromatic amines is 2. The van der Waals surface area contributed by atoms with E-state index in [1.54, 1.807) is 0 Å². The van der Waals surface area contributed by atoms with E-state index >= 15 is 0 Å². The van der Waals surface area contributed by atoms with Crippen LogP contribution in [0.1, 0.15) is 11.1 Å². The number of hydrogen-bond donors (Lipinski definition) is 2. The summed E-state index contributed by atoms with van der Waals surface area (Å²) in [5, 5.41) is 0.600. The van der Waals surface area contributed by atoms with Crippen LogP contribution in [-0.2, 0) is 12.8 Å². The van der Waals surface area contributed by atoms with E-state index in [9.17, 15) is 4.79 Å². The van der Waals surface area contributed by atoms with Crippen molar-refractivity contribution in [3.8, 4) is 11.1 Å². The number of hydrogen-bond acceptors (Lipinski definition) is 3. The molecule has 0 radical (unpaired) electrons. The molecule has 1 aromatic carbocycles. The molecule has 4 rings (SSSR count). The maximum Gasteiger partial charge on any atom is 0.261 e. The van der Waals surface area contributed by atoms with Crippen molar-refractivity contribution in [1.82, 2.24) is 15.0 Å². The maximum absolute atomic E-state index is 12.3. The van der Waals surface area contributed by atoms with Crippen LogP contribution in [0.25, 0.3) is 22.2 Å². The first-order chi connectivity index (χ1) is 9.74. The average Bonchev–Trinajstić information content (AvgIpc) is 2.46. The normalized spacial score (nSPS) is 13.0. The van der Waals surface area contributed by atoms with Gasteiger partial charge in [0.25, 0.3) is 5.56 Å². The lowest BCUT2D eigenvalue weighted by molar-refractivity contribution is 0.933. The number of pyridine rings is 1. The highest BCUT2D eigenvalue weighted by Crippen LogP contribution is 2.35. The summed E-state index contributed by atoms with van der Waals surface area (Å²) in [6, 6.07) is 8.21. The molecule has 0 aliphatic heterocycles. The zero-order valence-corrected chi connectivity index (χ0v) is 11.4. The van der Waals surface area contributed by atoms with Crippen molar-refractivity contribution in [3.05, 3.63) is 56.7 Å². The molecule has 20 heavy (non-hydrogen) atoms. The summed E-state index contributed by atoms with van der Waals surface area (Å²) in [6.07, 6.45) is 3.74. The predicted octanol–water partition coefficient (Wildman–Crippen LogP) is 2.75. The molecule has 0 atom stereocenters. The highest BCUT2D eigenvalue weighted by Gasteiger charge is 2.20. The molecule has 0 saturated carbocycles. The van der Waals surface area contributed by atoms with Gasteiger partial charge in [0, 0.05) is 11.8 Å². The van der Waals surface area contributed by atoms with Crippen LogP contribution in [0.2, 0.25) is 0 Å².